The fourth-order valence-electron chi connectivity index (χ4n) is 1.18. The maximum absolute atomic E-state index is 11.1. The first-order chi connectivity index (χ1) is 6.79. The first-order valence-electron chi connectivity index (χ1n) is 4.94. The van der Waals surface area contributed by atoms with Crippen LogP contribution in [-0.4, -0.2) is 23.8 Å². The smallest absolute Gasteiger partial charge is 0.306 e. The molecular weight excluding hydrogens is 180 g/mol. The van der Waals surface area contributed by atoms with Crippen molar-refractivity contribution in [2.75, 3.05) is 6.61 Å². The summed E-state index contributed by atoms with van der Waals surface area (Å²) in [5.74, 6) is -0.238. The van der Waals surface area contributed by atoms with Crippen LogP contribution in [0.5, 0.6) is 0 Å². The lowest BCUT2D eigenvalue weighted by atomic mass is 10.2. The Kier molecular flexibility index (Phi) is 5.00. The molecule has 1 aliphatic heterocycles. The minimum atomic E-state index is -0.535. The van der Waals surface area contributed by atoms with Crippen LogP contribution in [0, 0.1) is 0 Å². The molecule has 0 aromatic heterocycles. The van der Waals surface area contributed by atoms with E-state index in [1.165, 1.54) is 0 Å². The SMILES string of the molecule is O=C1CC/C=C\C=C\CCC(O)CO1. The van der Waals surface area contributed by atoms with E-state index < -0.39 is 6.10 Å². The minimum absolute atomic E-state index is 0.121. The van der Waals surface area contributed by atoms with E-state index in [-0.39, 0.29) is 12.6 Å². The van der Waals surface area contributed by atoms with E-state index in [1.807, 2.05) is 24.3 Å². The van der Waals surface area contributed by atoms with E-state index in [4.69, 9.17) is 4.74 Å². The average Bonchev–Trinajstić information content (AvgIpc) is 2.17. The minimum Gasteiger partial charge on any atom is -0.463 e. The fraction of sp³-hybridized carbons (Fsp3) is 0.545. The molecule has 3 heteroatoms. The number of hydrogen-bond acceptors (Lipinski definition) is 3. The third kappa shape index (κ3) is 4.82. The topological polar surface area (TPSA) is 46.5 Å². The van der Waals surface area contributed by atoms with Crippen LogP contribution in [0.2, 0.25) is 0 Å². The second-order valence-electron chi connectivity index (χ2n) is 3.31. The highest BCUT2D eigenvalue weighted by atomic mass is 16.5. The molecule has 1 N–H and O–H groups in total. The predicted molar refractivity (Wildman–Crippen MR) is 53.7 cm³/mol. The standard InChI is InChI=1S/C11H16O3/c12-10-7-5-3-1-2-4-6-8-11(13)14-9-10/h1-4,10,12H,5-9H2/b3-1+,4-2-. The van der Waals surface area contributed by atoms with Crippen LogP contribution in [0.4, 0.5) is 0 Å². The molecule has 14 heavy (non-hydrogen) atoms. The lowest BCUT2D eigenvalue weighted by Gasteiger charge is -2.10. The van der Waals surface area contributed by atoms with Gasteiger partial charge in [-0.15, -0.1) is 0 Å². The van der Waals surface area contributed by atoms with Gasteiger partial charge in [0.25, 0.3) is 0 Å². The van der Waals surface area contributed by atoms with Crippen LogP contribution in [0.1, 0.15) is 25.7 Å². The quantitative estimate of drug-likeness (QED) is 0.598. The van der Waals surface area contributed by atoms with Crippen LogP contribution in [-0.2, 0) is 9.53 Å². The Balaban J connectivity index is 2.44. The lowest BCUT2D eigenvalue weighted by molar-refractivity contribution is -0.146. The molecular formula is C11H16O3. The van der Waals surface area contributed by atoms with Crippen LogP contribution in [0.3, 0.4) is 0 Å². The molecule has 1 aliphatic rings. The van der Waals surface area contributed by atoms with Gasteiger partial charge in [0.2, 0.25) is 0 Å². The van der Waals surface area contributed by atoms with Crippen molar-refractivity contribution < 1.29 is 14.6 Å². The zero-order chi connectivity index (χ0) is 10.2. The van der Waals surface area contributed by atoms with Gasteiger partial charge in [0, 0.05) is 6.42 Å². The Bertz CT molecular complexity index is 231. The summed E-state index contributed by atoms with van der Waals surface area (Å²) in [6, 6.07) is 0. The third-order valence-electron chi connectivity index (χ3n) is 2.00. The highest BCUT2D eigenvalue weighted by molar-refractivity contribution is 5.69. The maximum atomic E-state index is 11.1. The van der Waals surface area contributed by atoms with Crippen LogP contribution in [0.15, 0.2) is 24.3 Å². The Labute approximate surface area is 84.1 Å². The number of allylic oxidation sites excluding steroid dienone is 4. The first kappa shape index (κ1) is 11.0. The summed E-state index contributed by atoms with van der Waals surface area (Å²) >= 11 is 0. The molecule has 1 heterocycles. The normalized spacial score (nSPS) is 29.5. The second-order valence-corrected chi connectivity index (χ2v) is 3.31. The van der Waals surface area contributed by atoms with E-state index in [0.29, 0.717) is 19.3 Å². The first-order valence-corrected chi connectivity index (χ1v) is 4.94. The summed E-state index contributed by atoms with van der Waals surface area (Å²) in [4.78, 5) is 11.1. The molecule has 0 fully saturated rings. The molecule has 0 saturated carbocycles. The van der Waals surface area contributed by atoms with Crippen LogP contribution >= 0.6 is 0 Å². The molecule has 0 bridgehead atoms. The van der Waals surface area contributed by atoms with Gasteiger partial charge in [-0.3, -0.25) is 4.79 Å². The number of carbonyl (C=O) groups is 1. The summed E-state index contributed by atoms with van der Waals surface area (Å²) in [5, 5.41) is 9.38. The van der Waals surface area contributed by atoms with Crippen molar-refractivity contribution in [3.05, 3.63) is 24.3 Å². The molecule has 0 amide bonds. The number of esters is 1. The third-order valence-corrected chi connectivity index (χ3v) is 2.00. The second kappa shape index (κ2) is 6.38. The fourth-order valence-corrected chi connectivity index (χ4v) is 1.18. The molecule has 0 aromatic rings. The number of cyclic esters (lactones) is 1. The van der Waals surface area contributed by atoms with Gasteiger partial charge >= 0.3 is 5.97 Å². The monoisotopic (exact) mass is 196 g/mol. The predicted octanol–water partition coefficient (Wildman–Crippen LogP) is 1.58. The van der Waals surface area contributed by atoms with Crippen LogP contribution < -0.4 is 0 Å². The van der Waals surface area contributed by atoms with E-state index in [0.717, 1.165) is 6.42 Å². The number of aliphatic hydroxyl groups excluding tert-OH is 1. The van der Waals surface area contributed by atoms with Gasteiger partial charge in [0.05, 0.1) is 6.10 Å². The number of carbonyl (C=O) groups excluding carboxylic acids is 1. The van der Waals surface area contributed by atoms with Crippen molar-refractivity contribution in [1.82, 2.24) is 0 Å². The summed E-state index contributed by atoms with van der Waals surface area (Å²) in [7, 11) is 0. The van der Waals surface area contributed by atoms with Crippen molar-refractivity contribution in [3.63, 3.8) is 0 Å². The summed E-state index contributed by atoms with van der Waals surface area (Å²) in [6.45, 7) is 0.121. The Hall–Kier alpha value is -1.09. The molecule has 0 aromatic carbocycles. The van der Waals surface area contributed by atoms with Gasteiger partial charge in [0.15, 0.2) is 0 Å². The lowest BCUT2D eigenvalue weighted by Crippen LogP contribution is -2.18. The molecule has 1 unspecified atom stereocenters. The van der Waals surface area contributed by atoms with Crippen molar-refractivity contribution in [2.24, 2.45) is 0 Å². The summed E-state index contributed by atoms with van der Waals surface area (Å²) in [5.41, 5.74) is 0. The highest BCUT2D eigenvalue weighted by Crippen LogP contribution is 2.03. The molecule has 0 radical (unpaired) electrons. The molecule has 3 nitrogen and oxygen atoms in total. The Morgan fingerprint density at radius 1 is 1.29 bits per heavy atom. The number of hydrogen-bond donors (Lipinski definition) is 1. The molecule has 1 atom stereocenters. The molecule has 0 spiro atoms. The van der Waals surface area contributed by atoms with Crippen molar-refractivity contribution in [1.29, 1.82) is 0 Å². The summed E-state index contributed by atoms with van der Waals surface area (Å²) in [6.07, 6.45) is 9.80. The zero-order valence-corrected chi connectivity index (χ0v) is 8.19. The van der Waals surface area contributed by atoms with Gasteiger partial charge < -0.3 is 9.84 Å². The molecule has 0 saturated heterocycles. The van der Waals surface area contributed by atoms with Gasteiger partial charge in [-0.25, -0.2) is 0 Å². The van der Waals surface area contributed by atoms with E-state index in [2.05, 4.69) is 0 Å². The van der Waals surface area contributed by atoms with Gasteiger partial charge in [-0.2, -0.15) is 0 Å². The van der Waals surface area contributed by atoms with Crippen molar-refractivity contribution in [2.45, 2.75) is 31.8 Å². The number of aliphatic hydroxyl groups is 1. The van der Waals surface area contributed by atoms with E-state index >= 15 is 0 Å². The van der Waals surface area contributed by atoms with E-state index in [1.54, 1.807) is 0 Å². The molecule has 78 valence electrons. The molecule has 0 aliphatic carbocycles. The van der Waals surface area contributed by atoms with Crippen molar-refractivity contribution in [3.8, 4) is 0 Å². The Morgan fingerprint density at radius 2 is 2.00 bits per heavy atom. The summed E-state index contributed by atoms with van der Waals surface area (Å²) < 4.78 is 4.88. The van der Waals surface area contributed by atoms with Gasteiger partial charge in [0.1, 0.15) is 6.61 Å². The average molecular weight is 196 g/mol. The van der Waals surface area contributed by atoms with Gasteiger partial charge in [-0.05, 0) is 19.3 Å². The largest absolute Gasteiger partial charge is 0.463 e. The number of rotatable bonds is 0. The van der Waals surface area contributed by atoms with Crippen LogP contribution in [0.25, 0.3) is 0 Å². The van der Waals surface area contributed by atoms with Gasteiger partial charge in [-0.1, -0.05) is 24.3 Å². The van der Waals surface area contributed by atoms with Crippen molar-refractivity contribution >= 4 is 5.97 Å². The highest BCUT2D eigenvalue weighted by Gasteiger charge is 2.07. The number of ether oxygens (including phenoxy) is 1. The van der Waals surface area contributed by atoms with E-state index in [9.17, 15) is 9.90 Å². The maximum Gasteiger partial charge on any atom is 0.306 e. The molecule has 1 rings (SSSR count). The zero-order valence-electron chi connectivity index (χ0n) is 8.19. The Morgan fingerprint density at radius 3 is 2.79 bits per heavy atom.